The zero-order chi connectivity index (χ0) is 19.8. The van der Waals surface area contributed by atoms with Crippen LogP contribution in [0.2, 0.25) is 5.02 Å². The van der Waals surface area contributed by atoms with E-state index in [1.807, 2.05) is 64.1 Å². The second-order valence-electron chi connectivity index (χ2n) is 7.43. The first-order chi connectivity index (χ1) is 12.7. The van der Waals surface area contributed by atoms with E-state index in [9.17, 15) is 9.59 Å². The third-order valence-corrected chi connectivity index (χ3v) is 5.84. The third-order valence-electron chi connectivity index (χ3n) is 4.17. The van der Waals surface area contributed by atoms with Crippen molar-refractivity contribution in [1.82, 2.24) is 0 Å². The summed E-state index contributed by atoms with van der Waals surface area (Å²) in [6.45, 7) is 7.45. The van der Waals surface area contributed by atoms with E-state index in [1.54, 1.807) is 6.07 Å². The van der Waals surface area contributed by atoms with Gasteiger partial charge in [0.25, 0.3) is 5.91 Å². The second-order valence-corrected chi connectivity index (χ2v) is 8.86. The number of fused-ring (bicyclic) bond motifs is 1. The van der Waals surface area contributed by atoms with Gasteiger partial charge in [-0.3, -0.25) is 9.59 Å². The fraction of sp³-hybridized carbons (Fsp3) is 0.238. The number of hydrogen-bond donors (Lipinski definition) is 2. The summed E-state index contributed by atoms with van der Waals surface area (Å²) in [6.07, 6.45) is 0. The van der Waals surface area contributed by atoms with Crippen molar-refractivity contribution in [2.24, 2.45) is 5.41 Å². The van der Waals surface area contributed by atoms with Crippen LogP contribution in [-0.2, 0) is 4.79 Å². The lowest BCUT2D eigenvalue weighted by Crippen LogP contribution is -2.27. The minimum atomic E-state index is -0.501. The van der Waals surface area contributed by atoms with Gasteiger partial charge in [0.15, 0.2) is 0 Å². The van der Waals surface area contributed by atoms with E-state index < -0.39 is 5.41 Å². The Bertz CT molecular complexity index is 1030. The maximum absolute atomic E-state index is 12.8. The molecule has 6 heteroatoms. The van der Waals surface area contributed by atoms with Gasteiger partial charge in [0.05, 0.1) is 5.02 Å². The maximum atomic E-state index is 12.8. The molecule has 0 aliphatic rings. The predicted octanol–water partition coefficient (Wildman–Crippen LogP) is 6.10. The Kier molecular flexibility index (Phi) is 5.27. The summed E-state index contributed by atoms with van der Waals surface area (Å²) < 4.78 is 0.968. The van der Waals surface area contributed by atoms with E-state index in [4.69, 9.17) is 11.6 Å². The standard InChI is InChI=1S/C21H21ClN2O2S/c1-12-9-10-13(23-20(26)21(2,3)4)11-15(12)24-19(25)18-17(22)14-7-5-6-8-16(14)27-18/h5-11H,1-4H3,(H,23,26)(H,24,25). The third kappa shape index (κ3) is 4.15. The number of halogens is 1. The monoisotopic (exact) mass is 400 g/mol. The molecule has 140 valence electrons. The van der Waals surface area contributed by atoms with Crippen LogP contribution in [0, 0.1) is 12.3 Å². The molecule has 1 aromatic heterocycles. The summed E-state index contributed by atoms with van der Waals surface area (Å²) in [7, 11) is 0. The molecule has 0 saturated heterocycles. The summed E-state index contributed by atoms with van der Waals surface area (Å²) in [5.41, 5.74) is 1.67. The van der Waals surface area contributed by atoms with Crippen molar-refractivity contribution in [1.29, 1.82) is 0 Å². The van der Waals surface area contributed by atoms with Crippen LogP contribution in [0.25, 0.3) is 10.1 Å². The normalized spacial score (nSPS) is 11.4. The molecule has 0 aliphatic carbocycles. The number of carbonyl (C=O) groups excluding carboxylic acids is 2. The van der Waals surface area contributed by atoms with Crippen LogP contribution in [0.1, 0.15) is 36.0 Å². The van der Waals surface area contributed by atoms with Gasteiger partial charge in [0.2, 0.25) is 5.91 Å². The Morgan fingerprint density at radius 3 is 2.41 bits per heavy atom. The van der Waals surface area contributed by atoms with Gasteiger partial charge in [-0.25, -0.2) is 0 Å². The van der Waals surface area contributed by atoms with Gasteiger partial charge in [0.1, 0.15) is 4.88 Å². The first-order valence-electron chi connectivity index (χ1n) is 8.57. The fourth-order valence-electron chi connectivity index (χ4n) is 2.49. The average molecular weight is 401 g/mol. The van der Waals surface area contributed by atoms with Crippen molar-refractivity contribution in [2.45, 2.75) is 27.7 Å². The summed E-state index contributed by atoms with van der Waals surface area (Å²) >= 11 is 7.76. The molecular formula is C21H21ClN2O2S. The first kappa shape index (κ1) is 19.4. The van der Waals surface area contributed by atoms with Gasteiger partial charge < -0.3 is 10.6 Å². The molecular weight excluding hydrogens is 380 g/mol. The molecule has 2 aromatic carbocycles. The lowest BCUT2D eigenvalue weighted by atomic mass is 9.95. The van der Waals surface area contributed by atoms with Crippen LogP contribution >= 0.6 is 22.9 Å². The zero-order valence-electron chi connectivity index (χ0n) is 15.6. The molecule has 0 aliphatic heterocycles. The molecule has 0 atom stereocenters. The van der Waals surface area contributed by atoms with Gasteiger partial charge in [-0.15, -0.1) is 11.3 Å². The van der Waals surface area contributed by atoms with E-state index in [0.717, 1.165) is 15.6 Å². The Hall–Kier alpha value is -2.37. The van der Waals surface area contributed by atoms with Crippen LogP contribution in [0.5, 0.6) is 0 Å². The maximum Gasteiger partial charge on any atom is 0.267 e. The van der Waals surface area contributed by atoms with Gasteiger partial charge in [-0.1, -0.05) is 56.6 Å². The largest absolute Gasteiger partial charge is 0.326 e. The molecule has 2 N–H and O–H groups in total. The number of nitrogens with one attached hydrogen (secondary N) is 2. The molecule has 1 heterocycles. The molecule has 0 unspecified atom stereocenters. The molecule has 0 bridgehead atoms. The van der Waals surface area contributed by atoms with E-state index in [2.05, 4.69) is 10.6 Å². The van der Waals surface area contributed by atoms with Gasteiger partial charge in [-0.2, -0.15) is 0 Å². The van der Waals surface area contributed by atoms with Crippen molar-refractivity contribution in [2.75, 3.05) is 10.6 Å². The number of hydrogen-bond acceptors (Lipinski definition) is 3. The Balaban J connectivity index is 1.86. The molecule has 0 saturated carbocycles. The highest BCUT2D eigenvalue weighted by Gasteiger charge is 2.22. The Labute approximate surface area is 167 Å². The minimum Gasteiger partial charge on any atom is -0.326 e. The quantitative estimate of drug-likeness (QED) is 0.558. The highest BCUT2D eigenvalue weighted by molar-refractivity contribution is 7.21. The smallest absolute Gasteiger partial charge is 0.267 e. The Morgan fingerprint density at radius 1 is 1.04 bits per heavy atom. The SMILES string of the molecule is Cc1ccc(NC(=O)C(C)(C)C)cc1NC(=O)c1sc2ccccc2c1Cl. The van der Waals surface area contributed by atoms with Crippen LogP contribution in [0.4, 0.5) is 11.4 Å². The molecule has 0 radical (unpaired) electrons. The van der Waals surface area contributed by atoms with Crippen LogP contribution in [0.15, 0.2) is 42.5 Å². The number of aryl methyl sites for hydroxylation is 1. The summed E-state index contributed by atoms with van der Waals surface area (Å²) in [5.74, 6) is -0.347. The van der Waals surface area contributed by atoms with Gasteiger partial charge in [0, 0.05) is 26.9 Å². The highest BCUT2D eigenvalue weighted by atomic mass is 35.5. The van der Waals surface area contributed by atoms with E-state index in [-0.39, 0.29) is 11.8 Å². The summed E-state index contributed by atoms with van der Waals surface area (Å²) in [6, 6.07) is 13.1. The van der Waals surface area contributed by atoms with E-state index in [0.29, 0.717) is 21.3 Å². The number of thiophene rings is 1. The lowest BCUT2D eigenvalue weighted by Gasteiger charge is -2.18. The zero-order valence-corrected chi connectivity index (χ0v) is 17.2. The fourth-order valence-corrected chi connectivity index (χ4v) is 3.90. The number of anilines is 2. The number of rotatable bonds is 3. The van der Waals surface area contributed by atoms with Gasteiger partial charge >= 0.3 is 0 Å². The van der Waals surface area contributed by atoms with Crippen LogP contribution < -0.4 is 10.6 Å². The number of benzene rings is 2. The van der Waals surface area contributed by atoms with Crippen molar-refractivity contribution in [3.63, 3.8) is 0 Å². The van der Waals surface area contributed by atoms with E-state index >= 15 is 0 Å². The van der Waals surface area contributed by atoms with Crippen molar-refractivity contribution < 1.29 is 9.59 Å². The number of amides is 2. The first-order valence-corrected chi connectivity index (χ1v) is 9.77. The number of carbonyl (C=O) groups is 2. The molecule has 3 rings (SSSR count). The molecule has 0 fully saturated rings. The van der Waals surface area contributed by atoms with E-state index in [1.165, 1.54) is 11.3 Å². The van der Waals surface area contributed by atoms with Crippen molar-refractivity contribution >= 4 is 56.2 Å². The van der Waals surface area contributed by atoms with Crippen molar-refractivity contribution in [3.05, 3.63) is 57.9 Å². The molecule has 0 spiro atoms. The second kappa shape index (κ2) is 7.33. The topological polar surface area (TPSA) is 58.2 Å². The van der Waals surface area contributed by atoms with Crippen LogP contribution in [0.3, 0.4) is 0 Å². The van der Waals surface area contributed by atoms with Crippen LogP contribution in [-0.4, -0.2) is 11.8 Å². The lowest BCUT2D eigenvalue weighted by molar-refractivity contribution is -0.123. The molecule has 4 nitrogen and oxygen atoms in total. The summed E-state index contributed by atoms with van der Waals surface area (Å²) in [5, 5.41) is 7.13. The molecule has 3 aromatic rings. The van der Waals surface area contributed by atoms with Crippen molar-refractivity contribution in [3.8, 4) is 0 Å². The summed E-state index contributed by atoms with van der Waals surface area (Å²) in [4.78, 5) is 25.5. The highest BCUT2D eigenvalue weighted by Crippen LogP contribution is 2.36. The molecule has 27 heavy (non-hydrogen) atoms. The predicted molar refractivity (Wildman–Crippen MR) is 114 cm³/mol. The average Bonchev–Trinajstić information content (AvgIpc) is 2.94. The Morgan fingerprint density at radius 2 is 1.74 bits per heavy atom. The molecule has 2 amide bonds. The minimum absolute atomic E-state index is 0.0869. The van der Waals surface area contributed by atoms with Gasteiger partial charge in [-0.05, 0) is 30.7 Å².